The Morgan fingerprint density at radius 1 is 0.920 bits per heavy atom. The zero-order valence-electron chi connectivity index (χ0n) is 14.3. The minimum Gasteiger partial charge on any atom is -0.337 e. The van der Waals surface area contributed by atoms with E-state index in [1.807, 2.05) is 4.90 Å². The smallest absolute Gasteiger partial charge is 0.224 e. The zero-order chi connectivity index (χ0) is 17.2. The van der Waals surface area contributed by atoms with Gasteiger partial charge in [0.25, 0.3) is 0 Å². The maximum atomic E-state index is 13.1. The monoisotopic (exact) mass is 338 g/mol. The van der Waals surface area contributed by atoms with Crippen molar-refractivity contribution in [2.24, 2.45) is 0 Å². The lowest BCUT2D eigenvalue weighted by atomic mass is 10.1. The van der Waals surface area contributed by atoms with Gasteiger partial charge in [-0.25, -0.2) is 4.39 Å². The third-order valence-corrected chi connectivity index (χ3v) is 5.46. The summed E-state index contributed by atoms with van der Waals surface area (Å²) in [4.78, 5) is 16.9. The molecule has 1 aliphatic heterocycles. The van der Waals surface area contributed by atoms with E-state index < -0.39 is 0 Å². The van der Waals surface area contributed by atoms with E-state index in [4.69, 9.17) is 0 Å². The topological polar surface area (TPSA) is 23.6 Å². The Bertz CT molecular complexity index is 734. The molecule has 1 amide bonds. The normalized spacial score (nSPS) is 19.1. The van der Waals surface area contributed by atoms with Gasteiger partial charge in [0.1, 0.15) is 5.82 Å². The van der Waals surface area contributed by atoms with Gasteiger partial charge in [-0.2, -0.15) is 0 Å². The van der Waals surface area contributed by atoms with E-state index in [1.54, 1.807) is 12.1 Å². The Kier molecular flexibility index (Phi) is 4.53. The van der Waals surface area contributed by atoms with Crippen LogP contribution >= 0.6 is 0 Å². The average Bonchev–Trinajstić information content (AvgIpc) is 2.97. The van der Waals surface area contributed by atoms with E-state index in [1.165, 1.54) is 23.3 Å². The minimum absolute atomic E-state index is 0.197. The van der Waals surface area contributed by atoms with E-state index in [2.05, 4.69) is 29.2 Å². The molecule has 1 heterocycles. The number of fused-ring (bicyclic) bond motifs is 1. The van der Waals surface area contributed by atoms with Crippen LogP contribution in [0.2, 0.25) is 0 Å². The molecule has 2 aromatic carbocycles. The number of benzene rings is 2. The second-order valence-electron chi connectivity index (χ2n) is 7.06. The van der Waals surface area contributed by atoms with E-state index in [0.29, 0.717) is 19.0 Å². The molecule has 0 atom stereocenters. The molecule has 1 fully saturated rings. The van der Waals surface area contributed by atoms with Crippen LogP contribution in [-0.4, -0.2) is 41.4 Å². The molecule has 1 saturated heterocycles. The number of amides is 1. The molecular weight excluding hydrogens is 315 g/mol. The van der Waals surface area contributed by atoms with Crippen molar-refractivity contribution in [2.75, 3.05) is 19.6 Å². The summed E-state index contributed by atoms with van der Waals surface area (Å²) < 4.78 is 13.1. The van der Waals surface area contributed by atoms with Crippen LogP contribution in [0.25, 0.3) is 0 Å². The van der Waals surface area contributed by atoms with Crippen LogP contribution in [0.5, 0.6) is 0 Å². The van der Waals surface area contributed by atoms with Crippen LogP contribution in [-0.2, 0) is 24.2 Å². The standard InChI is InChI=1S/C21H23FN2O/c22-19-7-5-16(6-8-19)15-24-12-11-23(10-9-21(24)25)20-13-17-3-1-2-4-18(17)14-20/h1-8,20H,9-15H2. The first-order valence-corrected chi connectivity index (χ1v) is 9.02. The van der Waals surface area contributed by atoms with Crippen molar-refractivity contribution >= 4 is 5.91 Å². The lowest BCUT2D eigenvalue weighted by Gasteiger charge is -2.27. The van der Waals surface area contributed by atoms with Gasteiger partial charge in [0, 0.05) is 38.6 Å². The van der Waals surface area contributed by atoms with E-state index in [0.717, 1.165) is 38.0 Å². The number of hydrogen-bond donors (Lipinski definition) is 0. The maximum absolute atomic E-state index is 13.1. The second-order valence-corrected chi connectivity index (χ2v) is 7.06. The Hall–Kier alpha value is -2.20. The molecule has 1 aliphatic carbocycles. The van der Waals surface area contributed by atoms with Crippen molar-refractivity contribution in [3.63, 3.8) is 0 Å². The first-order chi connectivity index (χ1) is 12.2. The predicted molar refractivity (Wildman–Crippen MR) is 95.6 cm³/mol. The van der Waals surface area contributed by atoms with Gasteiger partial charge in [0.2, 0.25) is 5.91 Å². The molecule has 4 heteroatoms. The number of nitrogens with zero attached hydrogens (tertiary/aromatic N) is 2. The third-order valence-electron chi connectivity index (χ3n) is 5.46. The zero-order valence-corrected chi connectivity index (χ0v) is 14.3. The van der Waals surface area contributed by atoms with Gasteiger partial charge in [0.15, 0.2) is 0 Å². The first-order valence-electron chi connectivity index (χ1n) is 9.02. The SMILES string of the molecule is O=C1CCN(C2Cc3ccccc3C2)CCN1Cc1ccc(F)cc1. The second kappa shape index (κ2) is 6.96. The molecule has 0 bridgehead atoms. The highest BCUT2D eigenvalue weighted by Gasteiger charge is 2.29. The van der Waals surface area contributed by atoms with Crippen molar-refractivity contribution in [2.45, 2.75) is 31.8 Å². The highest BCUT2D eigenvalue weighted by molar-refractivity contribution is 5.76. The fraction of sp³-hybridized carbons (Fsp3) is 0.381. The molecule has 2 aromatic rings. The van der Waals surface area contributed by atoms with E-state index in [9.17, 15) is 9.18 Å². The molecular formula is C21H23FN2O. The Morgan fingerprint density at radius 3 is 2.28 bits per heavy atom. The fourth-order valence-corrected chi connectivity index (χ4v) is 4.02. The van der Waals surface area contributed by atoms with Crippen LogP contribution in [0, 0.1) is 5.82 Å². The summed E-state index contributed by atoms with van der Waals surface area (Å²) in [5, 5.41) is 0. The number of hydrogen-bond acceptors (Lipinski definition) is 2. The average molecular weight is 338 g/mol. The highest BCUT2D eigenvalue weighted by atomic mass is 19.1. The van der Waals surface area contributed by atoms with Crippen LogP contribution in [0.1, 0.15) is 23.1 Å². The Morgan fingerprint density at radius 2 is 1.60 bits per heavy atom. The molecule has 0 N–H and O–H groups in total. The lowest BCUT2D eigenvalue weighted by Crippen LogP contribution is -2.39. The Labute approximate surface area is 148 Å². The quantitative estimate of drug-likeness (QED) is 0.859. The van der Waals surface area contributed by atoms with Gasteiger partial charge < -0.3 is 4.90 Å². The molecule has 130 valence electrons. The number of halogens is 1. The summed E-state index contributed by atoms with van der Waals surface area (Å²) in [5.41, 5.74) is 3.88. The lowest BCUT2D eigenvalue weighted by molar-refractivity contribution is -0.130. The number of rotatable bonds is 3. The van der Waals surface area contributed by atoms with Crippen molar-refractivity contribution in [3.05, 3.63) is 71.0 Å². The summed E-state index contributed by atoms with van der Waals surface area (Å²) in [6.45, 7) is 3.05. The van der Waals surface area contributed by atoms with Crippen LogP contribution < -0.4 is 0 Å². The van der Waals surface area contributed by atoms with Gasteiger partial charge in [-0.1, -0.05) is 36.4 Å². The summed E-state index contributed by atoms with van der Waals surface area (Å²) in [7, 11) is 0. The van der Waals surface area contributed by atoms with Crippen molar-refractivity contribution < 1.29 is 9.18 Å². The molecule has 0 spiro atoms. The molecule has 3 nitrogen and oxygen atoms in total. The van der Waals surface area contributed by atoms with Crippen LogP contribution in [0.15, 0.2) is 48.5 Å². The maximum Gasteiger partial charge on any atom is 0.224 e. The first kappa shape index (κ1) is 16.3. The summed E-state index contributed by atoms with van der Waals surface area (Å²) in [5.74, 6) is -0.0414. The number of carbonyl (C=O) groups is 1. The van der Waals surface area contributed by atoms with Crippen molar-refractivity contribution in [1.29, 1.82) is 0 Å². The third kappa shape index (κ3) is 3.59. The Balaban J connectivity index is 1.39. The molecule has 0 aromatic heterocycles. The van der Waals surface area contributed by atoms with Crippen molar-refractivity contribution in [3.8, 4) is 0 Å². The summed E-state index contributed by atoms with van der Waals surface area (Å²) >= 11 is 0. The van der Waals surface area contributed by atoms with Gasteiger partial charge in [0.05, 0.1) is 0 Å². The van der Waals surface area contributed by atoms with E-state index in [-0.39, 0.29) is 11.7 Å². The molecule has 25 heavy (non-hydrogen) atoms. The summed E-state index contributed by atoms with van der Waals surface area (Å²) in [6.07, 6.45) is 2.73. The molecule has 2 aliphatic rings. The number of carbonyl (C=O) groups excluding carboxylic acids is 1. The van der Waals surface area contributed by atoms with Gasteiger partial charge >= 0.3 is 0 Å². The summed E-state index contributed by atoms with van der Waals surface area (Å²) in [6, 6.07) is 15.6. The van der Waals surface area contributed by atoms with E-state index >= 15 is 0 Å². The van der Waals surface area contributed by atoms with Crippen LogP contribution in [0.3, 0.4) is 0 Å². The predicted octanol–water partition coefficient (Wildman–Crippen LogP) is 3.03. The van der Waals surface area contributed by atoms with Crippen LogP contribution in [0.4, 0.5) is 4.39 Å². The molecule has 4 rings (SSSR count). The van der Waals surface area contributed by atoms with Gasteiger partial charge in [-0.05, 0) is 41.7 Å². The molecule has 0 saturated carbocycles. The van der Waals surface area contributed by atoms with Gasteiger partial charge in [-0.15, -0.1) is 0 Å². The fourth-order valence-electron chi connectivity index (χ4n) is 4.02. The minimum atomic E-state index is -0.238. The van der Waals surface area contributed by atoms with Crippen molar-refractivity contribution in [1.82, 2.24) is 9.80 Å². The van der Waals surface area contributed by atoms with Gasteiger partial charge in [-0.3, -0.25) is 9.69 Å². The largest absolute Gasteiger partial charge is 0.337 e. The molecule has 0 radical (unpaired) electrons. The molecule has 0 unspecified atom stereocenters. The highest BCUT2D eigenvalue weighted by Crippen LogP contribution is 2.26.